The zero-order chi connectivity index (χ0) is 22.1. The van der Waals surface area contributed by atoms with Crippen LogP contribution in [0, 0.1) is 6.92 Å². The summed E-state index contributed by atoms with van der Waals surface area (Å²) in [5.41, 5.74) is 6.88. The molecule has 1 aliphatic carbocycles. The molecule has 2 aromatic rings. The van der Waals surface area contributed by atoms with Crippen molar-refractivity contribution in [3.05, 3.63) is 82.4 Å². The number of hydrogen-bond acceptors (Lipinski definition) is 4. The van der Waals surface area contributed by atoms with Gasteiger partial charge in [-0.05, 0) is 48.1 Å². The van der Waals surface area contributed by atoms with Gasteiger partial charge in [-0.1, -0.05) is 48.0 Å². The SMILES string of the molecule is Cc1ccc2c(c1)C(OCC[NH+](C)C)c1ccccc1CC2.O=C([O-])/C=C\C(=O)O. The lowest BCUT2D eigenvalue weighted by Gasteiger charge is -2.22. The molecule has 0 saturated heterocycles. The van der Waals surface area contributed by atoms with Crippen LogP contribution in [0.15, 0.2) is 54.6 Å². The minimum Gasteiger partial charge on any atom is -0.545 e. The molecule has 1 unspecified atom stereocenters. The third-order valence-electron chi connectivity index (χ3n) is 4.83. The van der Waals surface area contributed by atoms with Crippen LogP contribution in [0.1, 0.15) is 33.9 Å². The number of hydrogen-bond donors (Lipinski definition) is 2. The second-order valence-corrected chi connectivity index (χ2v) is 7.60. The van der Waals surface area contributed by atoms with Gasteiger partial charge >= 0.3 is 5.97 Å². The summed E-state index contributed by atoms with van der Waals surface area (Å²) in [6, 6.07) is 15.6. The second kappa shape index (κ2) is 11.3. The maximum Gasteiger partial charge on any atom is 0.328 e. The van der Waals surface area contributed by atoms with Crippen LogP contribution >= 0.6 is 0 Å². The van der Waals surface area contributed by atoms with Crippen molar-refractivity contribution in [1.82, 2.24) is 0 Å². The summed E-state index contributed by atoms with van der Waals surface area (Å²) < 4.78 is 6.36. The van der Waals surface area contributed by atoms with Crippen molar-refractivity contribution in [3.8, 4) is 0 Å². The number of aliphatic carboxylic acids is 2. The Morgan fingerprint density at radius 3 is 2.37 bits per heavy atom. The fourth-order valence-electron chi connectivity index (χ4n) is 3.34. The predicted molar refractivity (Wildman–Crippen MR) is 112 cm³/mol. The Hall–Kier alpha value is -2.96. The summed E-state index contributed by atoms with van der Waals surface area (Å²) in [4.78, 5) is 20.4. The number of rotatable bonds is 6. The molecule has 1 atom stereocenters. The van der Waals surface area contributed by atoms with E-state index in [0.29, 0.717) is 12.2 Å². The highest BCUT2D eigenvalue weighted by Gasteiger charge is 2.24. The highest BCUT2D eigenvalue weighted by Crippen LogP contribution is 2.35. The van der Waals surface area contributed by atoms with Crippen LogP contribution in [0.2, 0.25) is 0 Å². The molecule has 160 valence electrons. The number of fused-ring (bicyclic) bond motifs is 2. The van der Waals surface area contributed by atoms with Crippen molar-refractivity contribution in [1.29, 1.82) is 0 Å². The van der Waals surface area contributed by atoms with Crippen LogP contribution in [0.25, 0.3) is 0 Å². The summed E-state index contributed by atoms with van der Waals surface area (Å²) >= 11 is 0. The van der Waals surface area contributed by atoms with E-state index < -0.39 is 11.9 Å². The van der Waals surface area contributed by atoms with E-state index in [4.69, 9.17) is 9.84 Å². The lowest BCUT2D eigenvalue weighted by molar-refractivity contribution is -0.858. The molecule has 0 fully saturated rings. The topological polar surface area (TPSA) is 91.1 Å². The monoisotopic (exact) mass is 411 g/mol. The number of benzene rings is 2. The quantitative estimate of drug-likeness (QED) is 0.684. The Kier molecular flexibility index (Phi) is 8.77. The lowest BCUT2D eigenvalue weighted by atomic mass is 9.95. The highest BCUT2D eigenvalue weighted by molar-refractivity contribution is 5.88. The molecule has 0 aliphatic heterocycles. The summed E-state index contributed by atoms with van der Waals surface area (Å²) in [6.45, 7) is 3.98. The van der Waals surface area contributed by atoms with Gasteiger partial charge in [-0.2, -0.15) is 0 Å². The standard InChI is InChI=1S/C20H25NO.C4H4O4/c1-15-8-9-17-11-10-16-6-4-5-7-18(16)20(19(17)14-15)22-13-12-21(2)3;5-3(6)1-2-4(7)8/h4-9,14,20H,10-13H2,1-3H3;1-2H,(H,5,6)(H,7,8)/b;2-1-. The highest BCUT2D eigenvalue weighted by atomic mass is 16.5. The van der Waals surface area contributed by atoms with Gasteiger partial charge in [-0.3, -0.25) is 0 Å². The Bertz CT molecular complexity index is 888. The number of carbonyl (C=O) groups is 2. The Morgan fingerprint density at radius 2 is 1.77 bits per heavy atom. The molecular formula is C24H29NO5. The fraction of sp³-hybridized carbons (Fsp3) is 0.333. The molecule has 6 nitrogen and oxygen atoms in total. The Morgan fingerprint density at radius 1 is 1.10 bits per heavy atom. The molecule has 0 amide bonds. The average molecular weight is 411 g/mol. The molecule has 1 aliphatic rings. The van der Waals surface area contributed by atoms with Crippen LogP contribution < -0.4 is 10.0 Å². The number of carboxylic acid groups (broad SMARTS) is 2. The first kappa shape index (κ1) is 23.3. The largest absolute Gasteiger partial charge is 0.545 e. The first-order chi connectivity index (χ1) is 14.3. The van der Waals surface area contributed by atoms with Crippen LogP contribution in [0.5, 0.6) is 0 Å². The van der Waals surface area contributed by atoms with Gasteiger partial charge in [0, 0.05) is 6.08 Å². The summed E-state index contributed by atoms with van der Waals surface area (Å²) in [5.74, 6) is -2.80. The second-order valence-electron chi connectivity index (χ2n) is 7.60. The van der Waals surface area contributed by atoms with Gasteiger partial charge < -0.3 is 24.6 Å². The van der Waals surface area contributed by atoms with Crippen molar-refractivity contribution in [3.63, 3.8) is 0 Å². The number of ether oxygens (including phenoxy) is 1. The molecular weight excluding hydrogens is 382 g/mol. The number of nitrogens with one attached hydrogen (secondary N) is 1. The molecule has 0 bridgehead atoms. The molecule has 6 heteroatoms. The minimum absolute atomic E-state index is 0.0768. The van der Waals surface area contributed by atoms with Gasteiger partial charge in [0.25, 0.3) is 0 Å². The van der Waals surface area contributed by atoms with Crippen LogP contribution in [-0.4, -0.2) is 44.3 Å². The Balaban J connectivity index is 0.000000343. The molecule has 2 N–H and O–H groups in total. The number of carboxylic acids is 2. The molecule has 2 aromatic carbocycles. The van der Waals surface area contributed by atoms with E-state index in [2.05, 4.69) is 63.5 Å². The maximum absolute atomic E-state index is 9.53. The van der Waals surface area contributed by atoms with Gasteiger partial charge in [-0.15, -0.1) is 0 Å². The van der Waals surface area contributed by atoms with E-state index in [1.165, 1.54) is 32.7 Å². The van der Waals surface area contributed by atoms with Crippen molar-refractivity contribution >= 4 is 11.9 Å². The van der Waals surface area contributed by atoms with E-state index in [-0.39, 0.29) is 6.10 Å². The van der Waals surface area contributed by atoms with Crippen molar-refractivity contribution in [2.24, 2.45) is 0 Å². The molecule has 0 radical (unpaired) electrons. The first-order valence-electron chi connectivity index (χ1n) is 9.97. The summed E-state index contributed by atoms with van der Waals surface area (Å²) in [7, 11) is 4.34. The van der Waals surface area contributed by atoms with Gasteiger partial charge in [0.1, 0.15) is 12.6 Å². The van der Waals surface area contributed by atoms with Crippen molar-refractivity contribution in [2.45, 2.75) is 25.9 Å². The number of quaternary nitrogens is 1. The van der Waals surface area contributed by atoms with E-state index in [0.717, 1.165) is 26.0 Å². The van der Waals surface area contributed by atoms with E-state index in [1.807, 2.05) is 0 Å². The van der Waals surface area contributed by atoms with Crippen molar-refractivity contribution < 1.29 is 29.4 Å². The molecule has 0 aromatic heterocycles. The molecule has 0 saturated carbocycles. The number of likely N-dealkylation sites (N-methyl/N-ethyl adjacent to an activating group) is 1. The van der Waals surface area contributed by atoms with Gasteiger partial charge in [0.15, 0.2) is 0 Å². The van der Waals surface area contributed by atoms with Gasteiger partial charge in [0.2, 0.25) is 0 Å². The van der Waals surface area contributed by atoms with Gasteiger partial charge in [-0.25, -0.2) is 4.79 Å². The molecule has 30 heavy (non-hydrogen) atoms. The fourth-order valence-corrected chi connectivity index (χ4v) is 3.34. The molecule has 3 rings (SSSR count). The van der Waals surface area contributed by atoms with E-state index >= 15 is 0 Å². The normalized spacial score (nSPS) is 15.0. The zero-order valence-electron chi connectivity index (χ0n) is 17.7. The third-order valence-corrected chi connectivity index (χ3v) is 4.83. The third kappa shape index (κ3) is 7.13. The molecule has 0 spiro atoms. The van der Waals surface area contributed by atoms with E-state index in [1.54, 1.807) is 0 Å². The first-order valence-corrected chi connectivity index (χ1v) is 9.97. The number of carbonyl (C=O) groups excluding carboxylic acids is 1. The molecule has 0 heterocycles. The predicted octanol–water partition coefficient (Wildman–Crippen LogP) is 0.721. The van der Waals surface area contributed by atoms with E-state index in [9.17, 15) is 14.7 Å². The Labute approximate surface area is 177 Å². The maximum atomic E-state index is 9.53. The number of aryl methyl sites for hydroxylation is 3. The van der Waals surface area contributed by atoms with Crippen molar-refractivity contribution in [2.75, 3.05) is 27.2 Å². The average Bonchev–Trinajstić information content (AvgIpc) is 2.84. The summed E-state index contributed by atoms with van der Waals surface area (Å²) in [5, 5.41) is 17.2. The zero-order valence-corrected chi connectivity index (χ0v) is 17.7. The summed E-state index contributed by atoms with van der Waals surface area (Å²) in [6.07, 6.45) is 3.22. The van der Waals surface area contributed by atoms with Gasteiger partial charge in [0.05, 0.1) is 26.7 Å². The van der Waals surface area contributed by atoms with Crippen LogP contribution in [0.4, 0.5) is 0 Å². The smallest absolute Gasteiger partial charge is 0.328 e. The lowest BCUT2D eigenvalue weighted by Crippen LogP contribution is -3.06. The van der Waals surface area contributed by atoms with Crippen LogP contribution in [0.3, 0.4) is 0 Å². The van der Waals surface area contributed by atoms with Crippen LogP contribution in [-0.2, 0) is 27.2 Å². The minimum atomic E-state index is -1.51.